The topological polar surface area (TPSA) is 95.3 Å². The number of rotatable bonds is 5. The maximum absolute atomic E-state index is 13.2. The van der Waals surface area contributed by atoms with Crippen LogP contribution in [-0.2, 0) is 9.53 Å². The van der Waals surface area contributed by atoms with Gasteiger partial charge in [0.05, 0.1) is 12.2 Å². The van der Waals surface area contributed by atoms with Crippen LogP contribution in [0, 0.1) is 11.7 Å². The quantitative estimate of drug-likeness (QED) is 0.506. The van der Waals surface area contributed by atoms with Crippen molar-refractivity contribution in [2.45, 2.75) is 50.9 Å². The second-order valence-electron chi connectivity index (χ2n) is 6.05. The van der Waals surface area contributed by atoms with Crippen LogP contribution in [0.3, 0.4) is 0 Å². The van der Waals surface area contributed by atoms with Crippen LogP contribution in [0.2, 0.25) is 0 Å². The molecule has 1 aliphatic rings. The average Bonchev–Trinajstić information content (AvgIpc) is 2.47. The number of azide groups is 1. The van der Waals surface area contributed by atoms with Gasteiger partial charge in [-0.15, -0.1) is 0 Å². The Hall–Kier alpha value is -2.11. The first-order valence-electron chi connectivity index (χ1n) is 7.60. The number of halogens is 1. The minimum atomic E-state index is -1.23. The number of carboxylic acid groups (broad SMARTS) is 1. The van der Waals surface area contributed by atoms with E-state index >= 15 is 0 Å². The molecule has 0 saturated carbocycles. The zero-order chi connectivity index (χ0) is 17.0. The van der Waals surface area contributed by atoms with Crippen LogP contribution in [0.15, 0.2) is 29.4 Å². The molecule has 0 radical (unpaired) electrons. The van der Waals surface area contributed by atoms with Crippen molar-refractivity contribution in [2.24, 2.45) is 11.0 Å². The van der Waals surface area contributed by atoms with Crippen LogP contribution in [-0.4, -0.2) is 29.3 Å². The zero-order valence-corrected chi connectivity index (χ0v) is 13.1. The fraction of sp³-hybridized carbons (Fsp3) is 0.562. The Morgan fingerprint density at radius 2 is 1.91 bits per heavy atom. The van der Waals surface area contributed by atoms with Gasteiger partial charge in [-0.25, -0.2) is 4.39 Å². The summed E-state index contributed by atoms with van der Waals surface area (Å²) in [5.74, 6) is -2.11. The molecule has 23 heavy (non-hydrogen) atoms. The molecule has 0 bridgehead atoms. The van der Waals surface area contributed by atoms with E-state index in [4.69, 9.17) is 10.3 Å². The summed E-state index contributed by atoms with van der Waals surface area (Å²) < 4.78 is 18.9. The summed E-state index contributed by atoms with van der Waals surface area (Å²) in [5, 5.41) is 13.0. The fourth-order valence-corrected chi connectivity index (χ4v) is 3.48. The summed E-state index contributed by atoms with van der Waals surface area (Å²) in [6.07, 6.45) is 1.31. The molecule has 1 aromatic carbocycles. The molecule has 0 aromatic heterocycles. The predicted molar refractivity (Wildman–Crippen MR) is 82.4 cm³/mol. The van der Waals surface area contributed by atoms with Crippen molar-refractivity contribution in [3.63, 3.8) is 0 Å². The molecule has 1 saturated heterocycles. The molecule has 0 amide bonds. The normalized spacial score (nSPS) is 26.8. The average molecular weight is 321 g/mol. The Morgan fingerprint density at radius 3 is 2.39 bits per heavy atom. The molecule has 1 fully saturated rings. The summed E-state index contributed by atoms with van der Waals surface area (Å²) in [4.78, 5) is 14.3. The molecule has 0 spiro atoms. The number of nitrogens with zero attached hydrogens (tertiary/aromatic N) is 3. The van der Waals surface area contributed by atoms with Gasteiger partial charge in [0.2, 0.25) is 0 Å². The summed E-state index contributed by atoms with van der Waals surface area (Å²) in [6.45, 7) is 3.88. The van der Waals surface area contributed by atoms with Crippen LogP contribution in [0.25, 0.3) is 10.4 Å². The minimum absolute atomic E-state index is 0.00721. The summed E-state index contributed by atoms with van der Waals surface area (Å²) >= 11 is 0. The standard InChI is InChI=1S/C16H20FN3O3/c1-9-7-12(8-10(2)23-9)14(15(16(21)22)19-20-18)11-3-5-13(17)6-4-11/h3-6,9-10,12,14-15H,7-8H2,1-2H3,(H,21,22). The smallest absolute Gasteiger partial charge is 0.313 e. The molecule has 124 valence electrons. The fourth-order valence-electron chi connectivity index (χ4n) is 3.48. The lowest BCUT2D eigenvalue weighted by Crippen LogP contribution is -2.38. The Bertz CT molecular complexity index is 589. The third-order valence-electron chi connectivity index (χ3n) is 4.27. The molecule has 1 heterocycles. The largest absolute Gasteiger partial charge is 0.481 e. The molecule has 1 N–H and O–H groups in total. The van der Waals surface area contributed by atoms with Gasteiger partial charge in [0.1, 0.15) is 11.9 Å². The van der Waals surface area contributed by atoms with Gasteiger partial charge in [-0.3, -0.25) is 4.79 Å². The first-order chi connectivity index (χ1) is 10.9. The number of carboxylic acids is 1. The van der Waals surface area contributed by atoms with Crippen molar-refractivity contribution in [3.8, 4) is 0 Å². The Balaban J connectivity index is 2.43. The van der Waals surface area contributed by atoms with E-state index in [1.54, 1.807) is 12.1 Å². The number of aliphatic carboxylic acids is 1. The second-order valence-corrected chi connectivity index (χ2v) is 6.05. The van der Waals surface area contributed by atoms with E-state index in [2.05, 4.69) is 10.0 Å². The Morgan fingerprint density at radius 1 is 1.35 bits per heavy atom. The van der Waals surface area contributed by atoms with Crippen molar-refractivity contribution in [1.82, 2.24) is 0 Å². The molecular formula is C16H20FN3O3. The van der Waals surface area contributed by atoms with Gasteiger partial charge >= 0.3 is 5.97 Å². The molecule has 7 heteroatoms. The molecule has 1 aliphatic heterocycles. The molecule has 0 aliphatic carbocycles. The lowest BCUT2D eigenvalue weighted by Gasteiger charge is -2.38. The van der Waals surface area contributed by atoms with Gasteiger partial charge in [-0.1, -0.05) is 17.2 Å². The monoisotopic (exact) mass is 321 g/mol. The van der Waals surface area contributed by atoms with Crippen LogP contribution < -0.4 is 0 Å². The Kier molecular flexibility index (Phi) is 5.58. The predicted octanol–water partition coefficient (Wildman–Crippen LogP) is 3.88. The lowest BCUT2D eigenvalue weighted by molar-refractivity contribution is -0.140. The Labute approximate surface area is 133 Å². The lowest BCUT2D eigenvalue weighted by atomic mass is 9.74. The second kappa shape index (κ2) is 7.44. The van der Waals surface area contributed by atoms with Gasteiger partial charge < -0.3 is 9.84 Å². The highest BCUT2D eigenvalue weighted by Crippen LogP contribution is 2.39. The number of hydrogen-bond donors (Lipinski definition) is 1. The highest BCUT2D eigenvalue weighted by molar-refractivity contribution is 5.75. The van der Waals surface area contributed by atoms with E-state index in [9.17, 15) is 14.3 Å². The minimum Gasteiger partial charge on any atom is -0.481 e. The van der Waals surface area contributed by atoms with Gasteiger partial charge in [0.25, 0.3) is 0 Å². The molecule has 4 atom stereocenters. The maximum atomic E-state index is 13.2. The highest BCUT2D eigenvalue weighted by Gasteiger charge is 2.38. The van der Waals surface area contributed by atoms with E-state index in [0.717, 1.165) is 0 Å². The molecule has 2 rings (SSSR count). The number of hydrogen-bond acceptors (Lipinski definition) is 3. The van der Waals surface area contributed by atoms with Crippen LogP contribution in [0.5, 0.6) is 0 Å². The molecule has 4 unspecified atom stereocenters. The third kappa shape index (κ3) is 4.21. The summed E-state index contributed by atoms with van der Waals surface area (Å²) in [7, 11) is 0. The van der Waals surface area contributed by atoms with E-state index in [1.165, 1.54) is 12.1 Å². The van der Waals surface area contributed by atoms with Gasteiger partial charge in [-0.05, 0) is 55.8 Å². The number of ether oxygens (including phenoxy) is 1. The van der Waals surface area contributed by atoms with Crippen molar-refractivity contribution < 1.29 is 19.0 Å². The summed E-state index contributed by atoms with van der Waals surface area (Å²) in [6, 6.07) is 4.49. The van der Waals surface area contributed by atoms with Crippen molar-refractivity contribution in [1.29, 1.82) is 0 Å². The van der Waals surface area contributed by atoms with Crippen LogP contribution in [0.4, 0.5) is 4.39 Å². The number of carbonyl (C=O) groups is 1. The van der Waals surface area contributed by atoms with Gasteiger partial charge in [-0.2, -0.15) is 0 Å². The molecule has 1 aromatic rings. The number of benzene rings is 1. The van der Waals surface area contributed by atoms with E-state index < -0.39 is 23.7 Å². The van der Waals surface area contributed by atoms with E-state index in [-0.39, 0.29) is 18.1 Å². The van der Waals surface area contributed by atoms with Crippen LogP contribution >= 0.6 is 0 Å². The SMILES string of the molecule is CC1CC(C(c2ccc(F)cc2)C(N=[N+]=[N-])C(=O)O)CC(C)O1. The highest BCUT2D eigenvalue weighted by atomic mass is 19.1. The first kappa shape index (κ1) is 17.2. The third-order valence-corrected chi connectivity index (χ3v) is 4.27. The van der Waals surface area contributed by atoms with Gasteiger partial charge in [0.15, 0.2) is 0 Å². The van der Waals surface area contributed by atoms with Crippen molar-refractivity contribution in [3.05, 3.63) is 46.1 Å². The van der Waals surface area contributed by atoms with E-state index in [1.807, 2.05) is 13.8 Å². The van der Waals surface area contributed by atoms with Gasteiger partial charge in [0, 0.05) is 10.8 Å². The zero-order valence-electron chi connectivity index (χ0n) is 13.1. The van der Waals surface area contributed by atoms with Crippen molar-refractivity contribution in [2.75, 3.05) is 0 Å². The van der Waals surface area contributed by atoms with Crippen LogP contribution in [0.1, 0.15) is 38.2 Å². The molecular weight excluding hydrogens is 301 g/mol. The first-order valence-corrected chi connectivity index (χ1v) is 7.60. The van der Waals surface area contributed by atoms with Crippen molar-refractivity contribution >= 4 is 5.97 Å². The van der Waals surface area contributed by atoms with E-state index in [0.29, 0.717) is 18.4 Å². The summed E-state index contributed by atoms with van der Waals surface area (Å²) in [5.41, 5.74) is 9.40. The molecule has 6 nitrogen and oxygen atoms in total. The maximum Gasteiger partial charge on any atom is 0.313 e.